The summed E-state index contributed by atoms with van der Waals surface area (Å²) in [6.07, 6.45) is 1.30. The van der Waals surface area contributed by atoms with Crippen molar-refractivity contribution in [1.29, 1.82) is 0 Å². The number of rotatable bonds is 3. The summed E-state index contributed by atoms with van der Waals surface area (Å²) in [6.45, 7) is 3.78. The molecule has 4 nitrogen and oxygen atoms in total. The van der Waals surface area contributed by atoms with Crippen molar-refractivity contribution in [2.75, 3.05) is 5.73 Å². The number of benzene rings is 2. The molecular weight excluding hydrogens is 453 g/mol. The van der Waals surface area contributed by atoms with Gasteiger partial charge < -0.3 is 15.8 Å². The summed E-state index contributed by atoms with van der Waals surface area (Å²) < 4.78 is 27.2. The Kier molecular flexibility index (Phi) is 6.57. The number of nitrogens with one attached hydrogen (secondary N) is 1. The van der Waals surface area contributed by atoms with Crippen LogP contribution in [0.5, 0.6) is 0 Å². The number of carboxylic acids is 1. The maximum atomic E-state index is 13.4. The van der Waals surface area contributed by atoms with Crippen molar-refractivity contribution in [2.24, 2.45) is 0 Å². The first-order valence-electron chi connectivity index (χ1n) is 8.04. The zero-order chi connectivity index (χ0) is 19.4. The van der Waals surface area contributed by atoms with Gasteiger partial charge in [0.25, 0.3) is 0 Å². The van der Waals surface area contributed by atoms with Gasteiger partial charge in [0.1, 0.15) is 17.3 Å². The summed E-state index contributed by atoms with van der Waals surface area (Å²) in [5, 5.41) is 9.48. The number of fused-ring (bicyclic) bond motifs is 1. The fourth-order valence-electron chi connectivity index (χ4n) is 2.46. The molecule has 0 aliphatic rings. The first-order chi connectivity index (χ1) is 12.3. The molecule has 2 aromatic carbocycles. The normalized spacial score (nSPS) is 10.5. The van der Waals surface area contributed by atoms with Crippen LogP contribution in [0.15, 0.2) is 30.3 Å². The number of carbonyl (C=O) groups is 1. The third-order valence-electron chi connectivity index (χ3n) is 3.95. The molecule has 3 aromatic rings. The summed E-state index contributed by atoms with van der Waals surface area (Å²) in [7, 11) is 0. The monoisotopic (exact) mass is 472 g/mol. The molecule has 1 heterocycles. The van der Waals surface area contributed by atoms with Gasteiger partial charge in [0.05, 0.1) is 0 Å². The number of anilines is 1. The quantitative estimate of drug-likeness (QED) is 0.365. The van der Waals surface area contributed by atoms with Crippen molar-refractivity contribution >= 4 is 45.2 Å². The molecule has 3 rings (SSSR count). The van der Waals surface area contributed by atoms with Gasteiger partial charge >= 0.3 is 5.97 Å². The van der Waals surface area contributed by atoms with Crippen molar-refractivity contribution in [3.05, 3.63) is 62.4 Å². The molecule has 0 bridgehead atoms. The standard InChI is InChI=1S/C11H10FNO2.C8H9FIN/c1-2-6-3-7-4-10(11(14)15)13-9(7)5-8(6)12;1-2-5-3-7(10)8(11)4-6(5)9/h3-5,13H,2H2,1H3,(H,14,15);3-4H,2,11H2,1H3. The number of halogens is 3. The van der Waals surface area contributed by atoms with Gasteiger partial charge in [-0.3, -0.25) is 0 Å². The van der Waals surface area contributed by atoms with E-state index in [4.69, 9.17) is 10.8 Å². The molecule has 0 atom stereocenters. The van der Waals surface area contributed by atoms with Crippen molar-refractivity contribution in [3.8, 4) is 0 Å². The number of aromatic nitrogens is 1. The van der Waals surface area contributed by atoms with E-state index >= 15 is 0 Å². The lowest BCUT2D eigenvalue weighted by Gasteiger charge is -2.02. The Morgan fingerprint density at radius 1 is 1.08 bits per heavy atom. The Morgan fingerprint density at radius 3 is 2.23 bits per heavy atom. The number of nitrogens with two attached hydrogens (primary N) is 1. The van der Waals surface area contributed by atoms with Crippen LogP contribution in [-0.4, -0.2) is 16.1 Å². The van der Waals surface area contributed by atoms with Crippen LogP contribution >= 0.6 is 22.6 Å². The van der Waals surface area contributed by atoms with Crippen molar-refractivity contribution < 1.29 is 18.7 Å². The molecule has 0 amide bonds. The summed E-state index contributed by atoms with van der Waals surface area (Å²) in [5.41, 5.74) is 7.93. The van der Waals surface area contributed by atoms with Gasteiger partial charge in [-0.25, -0.2) is 13.6 Å². The maximum absolute atomic E-state index is 13.4. The van der Waals surface area contributed by atoms with Gasteiger partial charge in [-0.2, -0.15) is 0 Å². The minimum atomic E-state index is -1.04. The maximum Gasteiger partial charge on any atom is 0.352 e. The molecule has 0 fully saturated rings. The number of hydrogen-bond donors (Lipinski definition) is 3. The van der Waals surface area contributed by atoms with Gasteiger partial charge in [-0.15, -0.1) is 0 Å². The van der Waals surface area contributed by atoms with E-state index in [-0.39, 0.29) is 17.3 Å². The average Bonchev–Trinajstić information content (AvgIpc) is 3.01. The van der Waals surface area contributed by atoms with E-state index < -0.39 is 5.97 Å². The Bertz CT molecular complexity index is 954. The lowest BCUT2D eigenvalue weighted by atomic mass is 10.1. The smallest absolute Gasteiger partial charge is 0.352 e. The summed E-state index contributed by atoms with van der Waals surface area (Å²) in [4.78, 5) is 13.3. The number of carboxylic acid groups (broad SMARTS) is 1. The molecule has 0 saturated carbocycles. The van der Waals surface area contributed by atoms with Crippen LogP contribution in [0.25, 0.3) is 10.9 Å². The van der Waals surface area contributed by atoms with Crippen LogP contribution < -0.4 is 5.73 Å². The predicted octanol–water partition coefficient (Wildman–Crippen LogP) is 5.14. The van der Waals surface area contributed by atoms with Crippen LogP contribution in [-0.2, 0) is 12.8 Å². The van der Waals surface area contributed by atoms with Crippen LogP contribution in [0.4, 0.5) is 14.5 Å². The van der Waals surface area contributed by atoms with E-state index in [1.165, 1.54) is 18.2 Å². The number of aromatic carboxylic acids is 1. The van der Waals surface area contributed by atoms with E-state index in [2.05, 4.69) is 27.6 Å². The summed E-state index contributed by atoms with van der Waals surface area (Å²) >= 11 is 2.10. The van der Waals surface area contributed by atoms with Crippen LogP contribution in [0.1, 0.15) is 35.5 Å². The second kappa shape index (κ2) is 8.48. The van der Waals surface area contributed by atoms with E-state index in [1.54, 1.807) is 12.1 Å². The molecular formula is C19H19F2IN2O2. The SMILES string of the molecule is CCc1cc(I)c(N)cc1F.CCc1cc2cc(C(=O)O)[nH]c2cc1F. The third kappa shape index (κ3) is 4.51. The number of aromatic amines is 1. The molecule has 0 unspecified atom stereocenters. The highest BCUT2D eigenvalue weighted by Crippen LogP contribution is 2.21. The van der Waals surface area contributed by atoms with Gasteiger partial charge in [0.15, 0.2) is 0 Å². The van der Waals surface area contributed by atoms with Gasteiger partial charge in [-0.1, -0.05) is 13.8 Å². The van der Waals surface area contributed by atoms with Gasteiger partial charge in [0, 0.05) is 20.2 Å². The Hall–Kier alpha value is -2.16. The number of aryl methyl sites for hydroxylation is 2. The highest BCUT2D eigenvalue weighted by atomic mass is 127. The minimum absolute atomic E-state index is 0.0812. The van der Waals surface area contributed by atoms with Crippen molar-refractivity contribution in [2.45, 2.75) is 26.7 Å². The second-order valence-electron chi connectivity index (χ2n) is 5.69. The molecule has 1 aromatic heterocycles. The largest absolute Gasteiger partial charge is 0.477 e. The first kappa shape index (κ1) is 20.2. The van der Waals surface area contributed by atoms with E-state index in [9.17, 15) is 13.6 Å². The van der Waals surface area contributed by atoms with E-state index in [0.29, 0.717) is 29.6 Å². The van der Waals surface area contributed by atoms with Crippen LogP contribution in [0.2, 0.25) is 0 Å². The second-order valence-corrected chi connectivity index (χ2v) is 6.85. The highest BCUT2D eigenvalue weighted by molar-refractivity contribution is 14.1. The fourth-order valence-corrected chi connectivity index (χ4v) is 2.99. The minimum Gasteiger partial charge on any atom is -0.477 e. The summed E-state index contributed by atoms with van der Waals surface area (Å²) in [5.74, 6) is -1.54. The van der Waals surface area contributed by atoms with Crippen molar-refractivity contribution in [3.63, 3.8) is 0 Å². The molecule has 26 heavy (non-hydrogen) atoms. The zero-order valence-corrected chi connectivity index (χ0v) is 16.5. The lowest BCUT2D eigenvalue weighted by Crippen LogP contribution is -1.95. The molecule has 0 radical (unpaired) electrons. The van der Waals surface area contributed by atoms with Gasteiger partial charge in [-0.05, 0) is 76.9 Å². The number of hydrogen-bond acceptors (Lipinski definition) is 2. The summed E-state index contributed by atoms with van der Waals surface area (Å²) in [6, 6.07) is 7.68. The molecule has 4 N–H and O–H groups in total. The third-order valence-corrected chi connectivity index (χ3v) is 4.88. The predicted molar refractivity (Wildman–Crippen MR) is 108 cm³/mol. The molecule has 0 aliphatic heterocycles. The number of H-pyrrole nitrogens is 1. The fraction of sp³-hybridized carbons (Fsp3) is 0.211. The first-order valence-corrected chi connectivity index (χ1v) is 9.12. The Balaban J connectivity index is 0.000000197. The van der Waals surface area contributed by atoms with E-state index in [0.717, 1.165) is 14.5 Å². The molecule has 138 valence electrons. The molecule has 0 saturated heterocycles. The van der Waals surface area contributed by atoms with Crippen LogP contribution in [0.3, 0.4) is 0 Å². The van der Waals surface area contributed by atoms with Gasteiger partial charge in [0.2, 0.25) is 0 Å². The number of nitrogen functional groups attached to an aromatic ring is 1. The average molecular weight is 472 g/mol. The Morgan fingerprint density at radius 2 is 1.65 bits per heavy atom. The molecule has 0 spiro atoms. The molecule has 7 heteroatoms. The van der Waals surface area contributed by atoms with Crippen molar-refractivity contribution in [1.82, 2.24) is 4.98 Å². The van der Waals surface area contributed by atoms with E-state index in [1.807, 2.05) is 13.8 Å². The van der Waals surface area contributed by atoms with Crippen LogP contribution in [0, 0.1) is 15.2 Å². The zero-order valence-electron chi connectivity index (χ0n) is 14.4. The molecule has 0 aliphatic carbocycles. The topological polar surface area (TPSA) is 79.1 Å². The lowest BCUT2D eigenvalue weighted by molar-refractivity contribution is 0.0691. The Labute approximate surface area is 163 Å². The highest BCUT2D eigenvalue weighted by Gasteiger charge is 2.10.